The standard InChI is InChI=1S/C6H5NO3.C2H5NO2.Na/c8-6-3-1-5(2-4-6)7(9)10;3-1-2(4)5;/h1-4,8H;1,3H2,(H,4,5);/q;;+1/p-1. The molecule has 0 atom stereocenters. The van der Waals surface area contributed by atoms with E-state index in [-0.39, 0.29) is 47.5 Å². The number of non-ortho nitro benzene ring substituents is 1. The fraction of sp³-hybridized carbons (Fsp3) is 0.125. The molecule has 0 unspecified atom stereocenters. The second-order valence-corrected chi connectivity index (χ2v) is 2.35. The van der Waals surface area contributed by atoms with Crippen LogP contribution in [0.1, 0.15) is 0 Å². The quantitative estimate of drug-likeness (QED) is 0.314. The molecular weight excluding hydrogens is 227 g/mol. The van der Waals surface area contributed by atoms with E-state index in [4.69, 9.17) is 5.11 Å². The van der Waals surface area contributed by atoms with Crippen molar-refractivity contribution in [3.8, 4) is 5.75 Å². The third-order valence-corrected chi connectivity index (χ3v) is 1.22. The molecule has 0 aliphatic carbocycles. The van der Waals surface area contributed by atoms with Crippen LogP contribution in [0.2, 0.25) is 0 Å². The molecule has 8 heteroatoms. The van der Waals surface area contributed by atoms with Crippen LogP contribution in [0.5, 0.6) is 5.75 Å². The Morgan fingerprint density at radius 1 is 1.38 bits per heavy atom. The Morgan fingerprint density at radius 2 is 1.75 bits per heavy atom. The van der Waals surface area contributed by atoms with Crippen molar-refractivity contribution in [1.82, 2.24) is 0 Å². The Labute approximate surface area is 113 Å². The van der Waals surface area contributed by atoms with E-state index in [0.29, 0.717) is 0 Å². The van der Waals surface area contributed by atoms with Gasteiger partial charge in [-0.3, -0.25) is 14.9 Å². The number of carboxylic acids is 1. The number of rotatable bonds is 2. The molecule has 0 spiro atoms. The molecule has 0 bridgehead atoms. The van der Waals surface area contributed by atoms with Gasteiger partial charge in [-0.2, -0.15) is 0 Å². The Kier molecular flexibility index (Phi) is 9.82. The van der Waals surface area contributed by atoms with Gasteiger partial charge in [-0.25, -0.2) is 0 Å². The third kappa shape index (κ3) is 8.18. The predicted octanol–water partition coefficient (Wildman–Crippen LogP) is -3.30. The van der Waals surface area contributed by atoms with Gasteiger partial charge in [0.05, 0.1) is 11.5 Å². The summed E-state index contributed by atoms with van der Waals surface area (Å²) in [5.41, 5.74) is 4.52. The van der Waals surface area contributed by atoms with Crippen molar-refractivity contribution in [3.63, 3.8) is 0 Å². The number of hydrogen-bond donors (Lipinski definition) is 2. The zero-order valence-electron chi connectivity index (χ0n) is 8.62. The molecule has 0 saturated carbocycles. The van der Waals surface area contributed by atoms with Crippen LogP contribution in [0, 0.1) is 10.1 Å². The molecule has 0 amide bonds. The summed E-state index contributed by atoms with van der Waals surface area (Å²) in [4.78, 5) is 18.7. The summed E-state index contributed by atoms with van der Waals surface area (Å²) in [6, 6.07) is 4.70. The van der Waals surface area contributed by atoms with Crippen LogP contribution in [0.4, 0.5) is 5.69 Å². The summed E-state index contributed by atoms with van der Waals surface area (Å²) in [7, 11) is 0. The molecule has 0 heterocycles. The fourth-order valence-electron chi connectivity index (χ4n) is 0.568. The predicted molar refractivity (Wildman–Crippen MR) is 49.2 cm³/mol. The molecule has 1 aromatic carbocycles. The molecule has 3 N–H and O–H groups in total. The Bertz CT molecular complexity index is 341. The van der Waals surface area contributed by atoms with Gasteiger partial charge < -0.3 is 15.9 Å². The first-order valence-electron chi connectivity index (χ1n) is 3.80. The first-order valence-corrected chi connectivity index (χ1v) is 3.80. The fourth-order valence-corrected chi connectivity index (χ4v) is 0.568. The first-order chi connectivity index (χ1) is 6.97. The van der Waals surface area contributed by atoms with Crippen molar-refractivity contribution < 1.29 is 49.5 Å². The number of aliphatic carboxylic acids is 1. The summed E-state index contributed by atoms with van der Waals surface area (Å²) in [6.07, 6.45) is 0. The van der Waals surface area contributed by atoms with E-state index in [9.17, 15) is 20.0 Å². The average Bonchev–Trinajstić information content (AvgIpc) is 2.19. The summed E-state index contributed by atoms with van der Waals surface area (Å²) in [5, 5.41) is 28.0. The van der Waals surface area contributed by atoms with Gasteiger partial charge in [0, 0.05) is 12.1 Å². The van der Waals surface area contributed by atoms with Gasteiger partial charge in [-0.1, -0.05) is 12.1 Å². The number of nitrogens with two attached hydrogens (primary N) is 1. The number of benzene rings is 1. The molecule has 0 fully saturated rings. The van der Waals surface area contributed by atoms with Gasteiger partial charge in [-0.15, -0.1) is 5.75 Å². The SMILES string of the molecule is NCC(=O)O.O=[N+]([O-])c1ccc([O-])cc1.[Na+]. The van der Waals surface area contributed by atoms with Crippen LogP contribution < -0.4 is 40.4 Å². The number of hydrogen-bond acceptors (Lipinski definition) is 5. The van der Waals surface area contributed by atoms with Gasteiger partial charge in [-0.05, 0) is 0 Å². The van der Waals surface area contributed by atoms with Gasteiger partial charge in [0.2, 0.25) is 0 Å². The molecule has 0 aromatic heterocycles. The second-order valence-electron chi connectivity index (χ2n) is 2.35. The van der Waals surface area contributed by atoms with Crippen LogP contribution in [0.25, 0.3) is 0 Å². The van der Waals surface area contributed by atoms with Gasteiger partial charge in [0.15, 0.2) is 0 Å². The number of carboxylic acid groups (broad SMARTS) is 1. The monoisotopic (exact) mass is 236 g/mol. The maximum absolute atomic E-state index is 10.4. The van der Waals surface area contributed by atoms with Crippen LogP contribution in [-0.2, 0) is 4.79 Å². The van der Waals surface area contributed by atoms with Crippen molar-refractivity contribution in [3.05, 3.63) is 34.4 Å². The second kappa shape index (κ2) is 9.10. The zero-order valence-corrected chi connectivity index (χ0v) is 10.6. The first kappa shape index (κ1) is 17.3. The molecular formula is C8H9N2NaO5. The Balaban J connectivity index is 0. The number of nitro groups is 1. The topological polar surface area (TPSA) is 130 Å². The number of nitro benzene ring substituents is 1. The number of nitrogens with zero attached hydrogens (tertiary/aromatic N) is 1. The minimum atomic E-state index is -0.968. The molecule has 7 nitrogen and oxygen atoms in total. The zero-order chi connectivity index (χ0) is 11.8. The van der Waals surface area contributed by atoms with Crippen molar-refractivity contribution in [2.24, 2.45) is 5.73 Å². The minimum Gasteiger partial charge on any atom is -0.872 e. The largest absolute Gasteiger partial charge is 1.00 e. The molecule has 0 aliphatic rings. The molecule has 0 radical (unpaired) electrons. The maximum atomic E-state index is 10.4. The number of carbonyl (C=O) groups is 1. The molecule has 1 rings (SSSR count). The summed E-state index contributed by atoms with van der Waals surface area (Å²) >= 11 is 0. The van der Waals surface area contributed by atoms with E-state index < -0.39 is 10.9 Å². The molecule has 82 valence electrons. The molecule has 0 saturated heterocycles. The third-order valence-electron chi connectivity index (χ3n) is 1.22. The molecule has 1 aromatic rings. The van der Waals surface area contributed by atoms with Crippen LogP contribution in [-0.4, -0.2) is 22.5 Å². The van der Waals surface area contributed by atoms with E-state index >= 15 is 0 Å². The van der Waals surface area contributed by atoms with E-state index in [2.05, 4.69) is 5.73 Å². The maximum Gasteiger partial charge on any atom is 1.00 e. The van der Waals surface area contributed by atoms with Crippen molar-refractivity contribution in [1.29, 1.82) is 0 Å². The van der Waals surface area contributed by atoms with Crippen molar-refractivity contribution in [2.75, 3.05) is 6.54 Å². The van der Waals surface area contributed by atoms with Gasteiger partial charge in [0.1, 0.15) is 0 Å². The van der Waals surface area contributed by atoms with E-state index in [1.54, 1.807) is 0 Å². The molecule has 0 aliphatic heterocycles. The normalized spacial score (nSPS) is 8.06. The Hall–Kier alpha value is -1.15. The van der Waals surface area contributed by atoms with Gasteiger partial charge >= 0.3 is 35.5 Å². The van der Waals surface area contributed by atoms with Crippen LogP contribution in [0.3, 0.4) is 0 Å². The van der Waals surface area contributed by atoms with Crippen LogP contribution in [0.15, 0.2) is 24.3 Å². The Morgan fingerprint density at radius 3 is 2.00 bits per heavy atom. The summed E-state index contributed by atoms with van der Waals surface area (Å²) in [6.45, 7) is -0.278. The molecule has 16 heavy (non-hydrogen) atoms. The van der Waals surface area contributed by atoms with E-state index in [0.717, 1.165) is 12.1 Å². The summed E-state index contributed by atoms with van der Waals surface area (Å²) < 4.78 is 0. The van der Waals surface area contributed by atoms with Crippen LogP contribution >= 0.6 is 0 Å². The van der Waals surface area contributed by atoms with Crippen molar-refractivity contribution in [2.45, 2.75) is 0 Å². The minimum absolute atomic E-state index is 0. The average molecular weight is 236 g/mol. The summed E-state index contributed by atoms with van der Waals surface area (Å²) in [5.74, 6) is -1.18. The van der Waals surface area contributed by atoms with E-state index in [1.807, 2.05) is 0 Å². The van der Waals surface area contributed by atoms with Crippen molar-refractivity contribution >= 4 is 11.7 Å². The van der Waals surface area contributed by atoms with Gasteiger partial charge in [0.25, 0.3) is 5.69 Å². The van der Waals surface area contributed by atoms with E-state index in [1.165, 1.54) is 12.1 Å². The smallest absolute Gasteiger partial charge is 0.872 e.